The van der Waals surface area contributed by atoms with Gasteiger partial charge in [-0.25, -0.2) is 9.79 Å². The highest BCUT2D eigenvalue weighted by atomic mass is 16.5. The molecule has 0 spiro atoms. The largest absolute Gasteiger partial charge is 0.388 e. The number of pyridine rings is 1. The Labute approximate surface area is 217 Å². The second-order valence-corrected chi connectivity index (χ2v) is 9.25. The number of para-hydroxylation sites is 1. The molecular formula is C28H32N6O3. The third-order valence-corrected chi connectivity index (χ3v) is 6.28. The summed E-state index contributed by atoms with van der Waals surface area (Å²) < 4.78 is 5.59. The van der Waals surface area contributed by atoms with E-state index in [2.05, 4.69) is 20.9 Å². The third-order valence-electron chi connectivity index (χ3n) is 6.28. The van der Waals surface area contributed by atoms with E-state index in [1.54, 1.807) is 37.4 Å². The van der Waals surface area contributed by atoms with Crippen LogP contribution in [0.4, 0.5) is 21.9 Å². The fourth-order valence-electron chi connectivity index (χ4n) is 3.99. The number of rotatable bonds is 8. The van der Waals surface area contributed by atoms with Gasteiger partial charge in [0, 0.05) is 43.8 Å². The summed E-state index contributed by atoms with van der Waals surface area (Å²) in [6.07, 6.45) is 1.09. The number of urea groups is 1. The van der Waals surface area contributed by atoms with Gasteiger partial charge >= 0.3 is 6.03 Å². The van der Waals surface area contributed by atoms with Crippen molar-refractivity contribution in [1.29, 1.82) is 0 Å². The van der Waals surface area contributed by atoms with Gasteiger partial charge in [0.05, 0.1) is 22.7 Å². The highest BCUT2D eigenvalue weighted by Gasteiger charge is 2.34. The highest BCUT2D eigenvalue weighted by molar-refractivity contribution is 6.19. The molecule has 0 aliphatic carbocycles. The second-order valence-electron chi connectivity index (χ2n) is 9.25. The molecule has 9 nitrogen and oxygen atoms in total. The maximum atomic E-state index is 13.9. The van der Waals surface area contributed by atoms with Crippen molar-refractivity contribution in [2.45, 2.75) is 32.0 Å². The Morgan fingerprint density at radius 2 is 1.81 bits per heavy atom. The second kappa shape index (κ2) is 11.2. The molecule has 3 amide bonds. The van der Waals surface area contributed by atoms with E-state index in [-0.39, 0.29) is 5.91 Å². The van der Waals surface area contributed by atoms with E-state index in [0.29, 0.717) is 35.7 Å². The maximum absolute atomic E-state index is 13.9. The fraction of sp³-hybridized carbons (Fsp3) is 0.286. The lowest BCUT2D eigenvalue weighted by atomic mass is 10.0. The number of fused-ring (bicyclic) bond motifs is 1. The van der Waals surface area contributed by atoms with Crippen LogP contribution in [0.15, 0.2) is 77.9 Å². The number of aromatic nitrogens is 1. The van der Waals surface area contributed by atoms with Crippen LogP contribution in [0.1, 0.15) is 31.5 Å². The van der Waals surface area contributed by atoms with Crippen LogP contribution in [0.25, 0.3) is 0 Å². The molecule has 0 bridgehead atoms. The third kappa shape index (κ3) is 6.13. The molecule has 3 N–H and O–H groups in total. The van der Waals surface area contributed by atoms with E-state index in [4.69, 9.17) is 9.73 Å². The summed E-state index contributed by atoms with van der Waals surface area (Å²) in [4.78, 5) is 37.8. The van der Waals surface area contributed by atoms with Crippen molar-refractivity contribution in [3.63, 3.8) is 0 Å². The minimum Gasteiger partial charge on any atom is -0.388 e. The first-order valence-electron chi connectivity index (χ1n) is 12.1. The normalized spacial score (nSPS) is 15.4. The lowest BCUT2D eigenvalue weighted by Crippen LogP contribution is -2.49. The number of ether oxygens (including phenoxy) is 1. The molecule has 192 valence electrons. The van der Waals surface area contributed by atoms with Crippen LogP contribution < -0.4 is 20.9 Å². The SMILES string of the molecule is CNc1cccc(NC(=O)NC2N=C(c3ccccn3)c3ccccc3N(CCC(C)(C)OC)C2=O)c1. The Morgan fingerprint density at radius 1 is 1.05 bits per heavy atom. The zero-order chi connectivity index (χ0) is 26.4. The van der Waals surface area contributed by atoms with E-state index in [1.807, 2.05) is 68.4 Å². The lowest BCUT2D eigenvalue weighted by Gasteiger charge is -2.30. The Hall–Kier alpha value is -4.24. The first-order valence-corrected chi connectivity index (χ1v) is 12.1. The number of hydrogen-bond acceptors (Lipinski definition) is 6. The van der Waals surface area contributed by atoms with Gasteiger partial charge in [0.1, 0.15) is 0 Å². The van der Waals surface area contributed by atoms with E-state index < -0.39 is 17.8 Å². The molecule has 9 heteroatoms. The number of anilines is 3. The molecule has 1 atom stereocenters. The molecule has 4 rings (SSSR count). The molecule has 1 aromatic heterocycles. The summed E-state index contributed by atoms with van der Waals surface area (Å²) in [5.74, 6) is -0.343. The number of benzodiazepines with no additional fused rings is 1. The van der Waals surface area contributed by atoms with Crippen LogP contribution in [0, 0.1) is 0 Å². The molecule has 0 saturated heterocycles. The van der Waals surface area contributed by atoms with Gasteiger partial charge in [0.2, 0.25) is 6.17 Å². The lowest BCUT2D eigenvalue weighted by molar-refractivity contribution is -0.120. The minimum atomic E-state index is -1.16. The summed E-state index contributed by atoms with van der Waals surface area (Å²) in [5, 5.41) is 8.59. The number of nitrogens with zero attached hydrogens (tertiary/aromatic N) is 3. The van der Waals surface area contributed by atoms with Gasteiger partial charge in [-0.3, -0.25) is 9.78 Å². The Bertz CT molecular complexity index is 1290. The van der Waals surface area contributed by atoms with Crippen molar-refractivity contribution in [3.8, 4) is 0 Å². The van der Waals surface area contributed by atoms with Gasteiger partial charge in [-0.2, -0.15) is 0 Å². The molecule has 1 aliphatic rings. The quantitative estimate of drug-likeness (QED) is 0.428. The molecule has 0 fully saturated rings. The number of carbonyl (C=O) groups excluding carboxylic acids is 2. The molecule has 2 aromatic carbocycles. The van der Waals surface area contributed by atoms with Crippen molar-refractivity contribution >= 4 is 34.7 Å². The van der Waals surface area contributed by atoms with Crippen molar-refractivity contribution in [1.82, 2.24) is 10.3 Å². The monoisotopic (exact) mass is 500 g/mol. The van der Waals surface area contributed by atoms with E-state index in [0.717, 1.165) is 11.3 Å². The van der Waals surface area contributed by atoms with Crippen LogP contribution in [-0.2, 0) is 9.53 Å². The van der Waals surface area contributed by atoms with E-state index >= 15 is 0 Å². The number of aliphatic imine (C=N–C) groups is 1. The summed E-state index contributed by atoms with van der Waals surface area (Å²) in [6.45, 7) is 4.32. The summed E-state index contributed by atoms with van der Waals surface area (Å²) in [7, 11) is 3.45. The smallest absolute Gasteiger partial charge is 0.321 e. The molecule has 3 aromatic rings. The molecule has 1 unspecified atom stereocenters. The number of carbonyl (C=O) groups is 2. The molecule has 0 saturated carbocycles. The molecule has 2 heterocycles. The average molecular weight is 501 g/mol. The van der Waals surface area contributed by atoms with Crippen molar-refractivity contribution in [2.24, 2.45) is 4.99 Å². The van der Waals surface area contributed by atoms with E-state index in [1.165, 1.54) is 0 Å². The fourth-order valence-corrected chi connectivity index (χ4v) is 3.99. The summed E-state index contributed by atoms with van der Waals surface area (Å²) in [6, 6.07) is 19.8. The number of benzene rings is 2. The number of methoxy groups -OCH3 is 1. The van der Waals surface area contributed by atoms with Gasteiger partial charge in [-0.05, 0) is 56.7 Å². The van der Waals surface area contributed by atoms with Crippen LogP contribution in [0.3, 0.4) is 0 Å². The predicted molar refractivity (Wildman–Crippen MR) is 146 cm³/mol. The average Bonchev–Trinajstić information content (AvgIpc) is 3.02. The summed E-state index contributed by atoms with van der Waals surface area (Å²) >= 11 is 0. The Kier molecular flexibility index (Phi) is 7.83. The maximum Gasteiger partial charge on any atom is 0.321 e. The summed E-state index contributed by atoms with van der Waals surface area (Å²) in [5.41, 5.74) is 3.59. The van der Waals surface area contributed by atoms with Crippen molar-refractivity contribution in [2.75, 3.05) is 36.2 Å². The van der Waals surface area contributed by atoms with Crippen LogP contribution >= 0.6 is 0 Å². The zero-order valence-corrected chi connectivity index (χ0v) is 21.5. The van der Waals surface area contributed by atoms with Crippen LogP contribution in [-0.4, -0.2) is 55.1 Å². The molecule has 1 aliphatic heterocycles. The van der Waals surface area contributed by atoms with Crippen LogP contribution in [0.5, 0.6) is 0 Å². The van der Waals surface area contributed by atoms with Gasteiger partial charge in [0.25, 0.3) is 5.91 Å². The number of hydrogen-bond donors (Lipinski definition) is 3. The number of amides is 3. The van der Waals surface area contributed by atoms with Gasteiger partial charge in [-0.15, -0.1) is 0 Å². The van der Waals surface area contributed by atoms with Crippen molar-refractivity contribution < 1.29 is 14.3 Å². The Morgan fingerprint density at radius 3 is 2.54 bits per heavy atom. The van der Waals surface area contributed by atoms with Gasteiger partial charge in [-0.1, -0.05) is 30.3 Å². The van der Waals surface area contributed by atoms with Crippen LogP contribution in [0.2, 0.25) is 0 Å². The first-order chi connectivity index (χ1) is 17.8. The molecular weight excluding hydrogens is 468 g/mol. The zero-order valence-electron chi connectivity index (χ0n) is 21.5. The number of nitrogens with one attached hydrogen (secondary N) is 3. The molecule has 0 radical (unpaired) electrons. The highest BCUT2D eigenvalue weighted by Crippen LogP contribution is 2.29. The first kappa shape index (κ1) is 25.8. The van der Waals surface area contributed by atoms with Crippen molar-refractivity contribution in [3.05, 3.63) is 84.2 Å². The Balaban J connectivity index is 1.71. The topological polar surface area (TPSA) is 108 Å². The minimum absolute atomic E-state index is 0.343. The van der Waals surface area contributed by atoms with E-state index in [9.17, 15) is 9.59 Å². The standard InChI is InChI=1S/C28H32N6O3/c1-28(2,37-4)15-17-34-23-14-6-5-12-21(23)24(22-13-7-8-16-30-22)32-25(26(34)35)33-27(36)31-20-11-9-10-19(18-20)29-3/h5-14,16,18,25,29H,15,17H2,1-4H3,(H2,31,33,36). The van der Waals surface area contributed by atoms with Gasteiger partial charge in [0.15, 0.2) is 0 Å². The molecule has 37 heavy (non-hydrogen) atoms. The predicted octanol–water partition coefficient (Wildman–Crippen LogP) is 4.27. The van der Waals surface area contributed by atoms with Gasteiger partial charge < -0.3 is 25.6 Å².